The van der Waals surface area contributed by atoms with E-state index in [2.05, 4.69) is 0 Å². The van der Waals surface area contributed by atoms with Gasteiger partial charge in [0.2, 0.25) is 0 Å². The molecule has 0 radical (unpaired) electrons. The SMILES string of the molecule is O=C(O)C1(C(=O)O)C23C4C5C6C7C8C9C%10C%11C(C4C96)C4C6C%11C9C%11C%10C%10C8C8C%12C%13C%14C%15C%16C%17C%18C%19C%20C%21C%17C%17C%14C%14C%21C%21C%20C(C%20C%19C%19C%22C%18C%16C%16C%18C%22C(C5C%19C%202)C2C7C8C5C%12C(C%15%17)C57C(C(=O)O)(C(=O)O)C%167C2%18)C(C6C%21C92C(C(=O)O)(C(=O)O)C%142C%11C%10%13)C413. The second-order valence-corrected chi connectivity index (χ2v) is 45.6. The standard InChI is InChI=1S/C79H70O12/c80-65(81)77(66(82)83)71-53-35-15-7-1-2-10-25-19-6(1)20-27-23-22-21-14-4-3-5-9-13-8(4)28-37(22)55-41(13)45-30(9)46(63-52-48-47(31(10)44(42(53)17(2)15)56(48)73(63,71)77)62-50(25)57(34(19)23)72(55)76(62,64(45)52)78(72,67(84)85)68(86)87)43-18(5)16-11-12(3)33(14)58-49-26(11)24(32(35)36(16)54(43)71)40-29(7)38(20)59-51(27)60(39(21)28)75(59)74(58,61(40)49)79(75,69(88)89)70(90)91/h1-64H,(H,80,81)(H,82,83)(H,84,85)(H,86,87)(H,88,89)(H,90,91). The number of fused-ring (bicyclic) bond motifs is 2. The van der Waals surface area contributed by atoms with Crippen molar-refractivity contribution >= 4 is 35.8 Å². The van der Waals surface area contributed by atoms with Crippen LogP contribution in [0.5, 0.6) is 0 Å². The first-order chi connectivity index (χ1) is 44.4. The molecule has 39 aliphatic rings. The molecule has 0 amide bonds. The van der Waals surface area contributed by atoms with Crippen molar-refractivity contribution in [1.82, 2.24) is 0 Å². The van der Waals surface area contributed by atoms with Crippen LogP contribution in [0.1, 0.15) is 0 Å². The second kappa shape index (κ2) is 9.40. The van der Waals surface area contributed by atoms with E-state index in [1.54, 1.807) is 0 Å². The molecule has 12 heteroatoms. The lowest BCUT2D eigenvalue weighted by Gasteiger charge is -2.74. The number of aliphatic carboxylic acids is 6. The number of hydrogen-bond donors (Lipinski definition) is 6. The molecule has 39 aliphatic carbocycles. The fraction of sp³-hybridized carbons (Fsp3) is 0.924. The molecule has 91 heavy (non-hydrogen) atoms. The number of hydrogen-bond acceptors (Lipinski definition) is 6. The van der Waals surface area contributed by atoms with E-state index >= 15 is 28.8 Å². The van der Waals surface area contributed by atoms with Crippen molar-refractivity contribution in [2.24, 2.45) is 427 Å². The van der Waals surface area contributed by atoms with E-state index in [1.807, 2.05) is 0 Å². The average Bonchev–Trinajstić information content (AvgIpc) is 1.35. The molecular formula is C79H70O12. The Labute approximate surface area is 520 Å². The lowest BCUT2D eigenvalue weighted by molar-refractivity contribution is -0.287. The third-order valence-corrected chi connectivity index (χ3v) is 53.1. The van der Waals surface area contributed by atoms with Gasteiger partial charge in [-0.25, -0.2) is 0 Å². The molecule has 6 N–H and O–H groups in total. The summed E-state index contributed by atoms with van der Waals surface area (Å²) in [7, 11) is 0. The van der Waals surface area contributed by atoms with Crippen LogP contribution in [0.4, 0.5) is 0 Å². The van der Waals surface area contributed by atoms with Crippen molar-refractivity contribution in [3.05, 3.63) is 0 Å². The van der Waals surface area contributed by atoms with Crippen LogP contribution in [-0.4, -0.2) is 66.5 Å². The molecule has 39 rings (SSSR count). The number of rotatable bonds is 6. The Morgan fingerprint density at radius 3 is 0.352 bits per heavy atom. The summed E-state index contributed by atoms with van der Waals surface area (Å²) in [5, 5.41) is 80.8. The summed E-state index contributed by atoms with van der Waals surface area (Å²) < 4.78 is 0. The van der Waals surface area contributed by atoms with Gasteiger partial charge in [-0.1, -0.05) is 0 Å². The van der Waals surface area contributed by atoms with Gasteiger partial charge in [-0.3, -0.25) is 28.8 Å². The van der Waals surface area contributed by atoms with E-state index < -0.39 is 84.6 Å². The third-order valence-electron chi connectivity index (χ3n) is 53.1. The van der Waals surface area contributed by atoms with Crippen LogP contribution in [0.25, 0.3) is 0 Å². The van der Waals surface area contributed by atoms with Crippen molar-refractivity contribution in [2.75, 3.05) is 0 Å². The Morgan fingerprint density at radius 1 is 0.132 bits per heavy atom. The smallest absolute Gasteiger partial charge is 0.322 e. The minimum Gasteiger partial charge on any atom is -0.480 e. The maximum absolute atomic E-state index is 16.6. The zero-order chi connectivity index (χ0) is 56.9. The van der Waals surface area contributed by atoms with Crippen LogP contribution in [0, 0.1) is 427 Å². The lowest BCUT2D eigenvalue weighted by Crippen LogP contribution is -2.72. The predicted octanol–water partition coefficient (Wildman–Crippen LogP) is 5.34. The molecule has 0 aromatic carbocycles. The van der Waals surface area contributed by atoms with E-state index in [0.717, 1.165) is 0 Å². The van der Waals surface area contributed by atoms with Gasteiger partial charge in [0.25, 0.3) is 0 Å². The fourth-order valence-electron chi connectivity index (χ4n) is 61.4. The van der Waals surface area contributed by atoms with Crippen molar-refractivity contribution in [3.63, 3.8) is 0 Å². The van der Waals surface area contributed by atoms with Crippen LogP contribution in [-0.2, 0) is 28.8 Å². The van der Waals surface area contributed by atoms with Crippen molar-refractivity contribution in [2.45, 2.75) is 0 Å². The van der Waals surface area contributed by atoms with Gasteiger partial charge in [-0.15, -0.1) is 0 Å². The highest BCUT2D eigenvalue weighted by atomic mass is 16.4. The molecule has 0 aliphatic heterocycles. The molecule has 70 atom stereocenters. The van der Waals surface area contributed by atoms with Gasteiger partial charge in [0.15, 0.2) is 16.2 Å². The molecule has 0 aromatic heterocycles. The fourth-order valence-corrected chi connectivity index (χ4v) is 61.4. The maximum atomic E-state index is 16.6. The summed E-state index contributed by atoms with van der Waals surface area (Å²) in [6.45, 7) is 0. The third kappa shape index (κ3) is 2.14. The van der Waals surface area contributed by atoms with Gasteiger partial charge in [-0.2, -0.15) is 0 Å². The van der Waals surface area contributed by atoms with E-state index in [-0.39, 0.29) is 124 Å². The van der Waals surface area contributed by atoms with Gasteiger partial charge in [-0.05, 0) is 379 Å². The molecular weight excluding hydrogens is 1140 g/mol. The molecule has 4 bridgehead atoms. The summed E-state index contributed by atoms with van der Waals surface area (Å²) in [4.78, 5) is 98.9. The highest BCUT2D eigenvalue weighted by molar-refractivity contribution is 6.10. The molecule has 458 valence electrons. The Hall–Kier alpha value is -3.18. The lowest BCUT2D eigenvalue weighted by atomic mass is 9.29. The predicted molar refractivity (Wildman–Crippen MR) is 291 cm³/mol. The highest BCUT2D eigenvalue weighted by Gasteiger charge is 3.22. The monoisotopic (exact) mass is 1210 g/mol. The van der Waals surface area contributed by atoms with Crippen LogP contribution < -0.4 is 0 Å². The van der Waals surface area contributed by atoms with Gasteiger partial charge < -0.3 is 30.6 Å². The Kier molecular flexibility index (Phi) is 4.32. The summed E-state index contributed by atoms with van der Waals surface area (Å²) >= 11 is 0. The minimum absolute atomic E-state index is 0.0295. The van der Waals surface area contributed by atoms with Crippen molar-refractivity contribution in [1.29, 1.82) is 0 Å². The van der Waals surface area contributed by atoms with Gasteiger partial charge in [0.1, 0.15) is 0 Å². The summed E-state index contributed by atoms with van der Waals surface area (Å²) in [5.74, 6) is 15.4. The Bertz CT molecular complexity index is 4570. The molecule has 6 spiro atoms. The zero-order valence-electron chi connectivity index (χ0n) is 49.6. The topological polar surface area (TPSA) is 224 Å². The molecule has 0 aromatic rings. The quantitative estimate of drug-likeness (QED) is 0.186. The van der Waals surface area contributed by atoms with Crippen LogP contribution in [0.3, 0.4) is 0 Å². The molecule has 12 nitrogen and oxygen atoms in total. The average molecular weight is 1210 g/mol. The van der Waals surface area contributed by atoms with E-state index in [0.29, 0.717) is 254 Å². The number of carboxylic acid groups (broad SMARTS) is 6. The molecule has 0 heterocycles. The first-order valence-corrected chi connectivity index (χ1v) is 39.8. The number of carbonyl (C=O) groups is 6. The second-order valence-electron chi connectivity index (χ2n) is 45.6. The van der Waals surface area contributed by atoms with Gasteiger partial charge >= 0.3 is 35.8 Å². The normalized spacial score (nSPS) is 93.2. The first kappa shape index (κ1) is 41.8. The Balaban J connectivity index is 0.809. The van der Waals surface area contributed by atoms with Crippen LogP contribution >= 0.6 is 0 Å². The number of carboxylic acids is 6. The first-order valence-electron chi connectivity index (χ1n) is 39.8. The summed E-state index contributed by atoms with van der Waals surface area (Å²) in [6, 6.07) is 0. The zero-order valence-corrected chi connectivity index (χ0v) is 49.6. The van der Waals surface area contributed by atoms with Gasteiger partial charge in [0.05, 0.1) is 0 Å². The minimum atomic E-state index is -1.92. The van der Waals surface area contributed by atoms with E-state index in [1.165, 1.54) is 0 Å². The molecule has 39 saturated carbocycles. The Morgan fingerprint density at radius 2 is 0.209 bits per heavy atom. The van der Waals surface area contributed by atoms with E-state index in [4.69, 9.17) is 0 Å². The largest absolute Gasteiger partial charge is 0.480 e. The highest BCUT2D eigenvalue weighted by Crippen LogP contribution is 3.20. The van der Waals surface area contributed by atoms with Crippen LogP contribution in [0.15, 0.2) is 0 Å². The molecule has 39 fully saturated rings. The molecule has 0 saturated heterocycles. The van der Waals surface area contributed by atoms with Gasteiger partial charge in [0, 0.05) is 32.5 Å². The molecule has 70 unspecified atom stereocenters. The summed E-state index contributed by atoms with van der Waals surface area (Å²) in [6.07, 6.45) is 0. The van der Waals surface area contributed by atoms with Crippen molar-refractivity contribution in [3.8, 4) is 0 Å². The maximum Gasteiger partial charge on any atom is 0.322 e. The van der Waals surface area contributed by atoms with Crippen molar-refractivity contribution < 1.29 is 59.4 Å². The van der Waals surface area contributed by atoms with E-state index in [9.17, 15) is 30.6 Å². The van der Waals surface area contributed by atoms with Crippen LogP contribution in [0.2, 0.25) is 0 Å². The summed E-state index contributed by atoms with van der Waals surface area (Å²) in [5.41, 5.74) is -10.6.